The molecule has 1 aromatic carbocycles. The van der Waals surface area contributed by atoms with E-state index in [1.165, 1.54) is 12.8 Å². The van der Waals surface area contributed by atoms with Gasteiger partial charge in [0, 0.05) is 17.8 Å². The lowest BCUT2D eigenvalue weighted by molar-refractivity contribution is 1.02. The zero-order chi connectivity index (χ0) is 9.54. The Morgan fingerprint density at radius 2 is 2.07 bits per heavy atom. The molecule has 0 aliphatic heterocycles. The second-order valence-corrected chi connectivity index (χ2v) is 3.82. The van der Waals surface area contributed by atoms with Crippen LogP contribution in [0.3, 0.4) is 0 Å². The molecule has 2 N–H and O–H groups in total. The number of fused-ring (bicyclic) bond motifs is 1. The first-order valence-corrected chi connectivity index (χ1v) is 4.85. The highest BCUT2D eigenvalue weighted by Gasteiger charge is 2.25. The molecule has 0 saturated heterocycles. The summed E-state index contributed by atoms with van der Waals surface area (Å²) in [5, 5.41) is 0. The normalized spacial score (nSPS) is 16.0. The maximum Gasteiger partial charge on any atom is 0.0907 e. The summed E-state index contributed by atoms with van der Waals surface area (Å²) in [6.07, 6.45) is 4.39. The van der Waals surface area contributed by atoms with E-state index < -0.39 is 0 Å². The summed E-state index contributed by atoms with van der Waals surface area (Å²) in [5.41, 5.74) is 9.37. The van der Waals surface area contributed by atoms with Crippen molar-refractivity contribution in [2.24, 2.45) is 0 Å². The Kier molecular flexibility index (Phi) is 1.48. The monoisotopic (exact) mass is 185 g/mol. The molecule has 1 saturated carbocycles. The molecule has 2 aromatic rings. The summed E-state index contributed by atoms with van der Waals surface area (Å²) in [7, 11) is 0. The highest BCUT2D eigenvalue weighted by Crippen LogP contribution is 2.38. The van der Waals surface area contributed by atoms with Gasteiger partial charge in [-0.1, -0.05) is 0 Å². The highest BCUT2D eigenvalue weighted by molar-refractivity contribution is 5.77. The van der Waals surface area contributed by atoms with Crippen LogP contribution in [0.15, 0.2) is 24.4 Å². The van der Waals surface area contributed by atoms with E-state index in [-0.39, 0.29) is 0 Å². The molecule has 0 amide bonds. The van der Waals surface area contributed by atoms with Gasteiger partial charge in [-0.05, 0) is 31.0 Å². The minimum atomic E-state index is 0.657. The van der Waals surface area contributed by atoms with Gasteiger partial charge in [-0.25, -0.2) is 4.98 Å². The van der Waals surface area contributed by atoms with Crippen molar-refractivity contribution in [2.75, 3.05) is 5.73 Å². The Labute approximate surface area is 82.0 Å². The van der Waals surface area contributed by atoms with E-state index in [0.717, 1.165) is 22.4 Å². The fourth-order valence-electron chi connectivity index (χ4n) is 1.62. The molecule has 1 heterocycles. The molecule has 70 valence electrons. The van der Waals surface area contributed by atoms with Crippen molar-refractivity contribution in [3.8, 4) is 0 Å². The molecule has 3 rings (SSSR count). The van der Waals surface area contributed by atoms with E-state index >= 15 is 0 Å². The lowest BCUT2D eigenvalue weighted by Gasteiger charge is -2.00. The maximum atomic E-state index is 5.67. The van der Waals surface area contributed by atoms with Crippen molar-refractivity contribution in [3.63, 3.8) is 0 Å². The van der Waals surface area contributed by atoms with Gasteiger partial charge < -0.3 is 5.73 Å². The zero-order valence-electron chi connectivity index (χ0n) is 7.77. The summed E-state index contributed by atoms with van der Waals surface area (Å²) in [4.78, 5) is 8.92. The van der Waals surface area contributed by atoms with Gasteiger partial charge >= 0.3 is 0 Å². The third kappa shape index (κ3) is 1.21. The average molecular weight is 185 g/mol. The summed E-state index contributed by atoms with van der Waals surface area (Å²) in [6, 6.07) is 5.66. The van der Waals surface area contributed by atoms with Crippen molar-refractivity contribution in [2.45, 2.75) is 18.8 Å². The lowest BCUT2D eigenvalue weighted by atomic mass is 10.2. The first kappa shape index (κ1) is 7.74. The quantitative estimate of drug-likeness (QED) is 0.692. The second-order valence-electron chi connectivity index (χ2n) is 3.82. The minimum absolute atomic E-state index is 0.657. The van der Waals surface area contributed by atoms with Crippen LogP contribution in [-0.2, 0) is 0 Å². The second kappa shape index (κ2) is 2.67. The SMILES string of the molecule is Nc1ccc2nc(C3CC3)cnc2c1. The Morgan fingerprint density at radius 1 is 1.21 bits per heavy atom. The molecule has 1 aliphatic rings. The summed E-state index contributed by atoms with van der Waals surface area (Å²) in [5.74, 6) is 0.657. The van der Waals surface area contributed by atoms with Crippen molar-refractivity contribution in [3.05, 3.63) is 30.1 Å². The fraction of sp³-hybridized carbons (Fsp3) is 0.273. The van der Waals surface area contributed by atoms with Gasteiger partial charge in [0.2, 0.25) is 0 Å². The van der Waals surface area contributed by atoms with Crippen LogP contribution in [-0.4, -0.2) is 9.97 Å². The number of aromatic nitrogens is 2. The molecule has 0 unspecified atom stereocenters. The molecule has 1 aromatic heterocycles. The smallest absolute Gasteiger partial charge is 0.0907 e. The predicted molar refractivity (Wildman–Crippen MR) is 55.9 cm³/mol. The Balaban J connectivity index is 2.18. The van der Waals surface area contributed by atoms with Crippen LogP contribution in [0.4, 0.5) is 5.69 Å². The van der Waals surface area contributed by atoms with E-state index in [1.807, 2.05) is 24.4 Å². The van der Waals surface area contributed by atoms with E-state index in [2.05, 4.69) is 9.97 Å². The molecule has 1 fully saturated rings. The third-order valence-electron chi connectivity index (χ3n) is 2.58. The third-order valence-corrected chi connectivity index (χ3v) is 2.58. The number of benzene rings is 1. The van der Waals surface area contributed by atoms with E-state index in [4.69, 9.17) is 5.73 Å². The fourth-order valence-corrected chi connectivity index (χ4v) is 1.62. The average Bonchev–Trinajstić information content (AvgIpc) is 3.00. The number of nitrogens with zero attached hydrogens (tertiary/aromatic N) is 2. The van der Waals surface area contributed by atoms with Crippen LogP contribution in [0, 0.1) is 0 Å². The number of hydrogen-bond acceptors (Lipinski definition) is 3. The van der Waals surface area contributed by atoms with Gasteiger partial charge in [-0.2, -0.15) is 0 Å². The maximum absolute atomic E-state index is 5.67. The van der Waals surface area contributed by atoms with Crippen LogP contribution in [0.5, 0.6) is 0 Å². The van der Waals surface area contributed by atoms with Gasteiger partial charge in [0.1, 0.15) is 0 Å². The minimum Gasteiger partial charge on any atom is -0.399 e. The molecule has 0 bridgehead atoms. The largest absolute Gasteiger partial charge is 0.399 e. The first-order valence-electron chi connectivity index (χ1n) is 4.85. The van der Waals surface area contributed by atoms with E-state index in [1.54, 1.807) is 0 Å². The van der Waals surface area contributed by atoms with Gasteiger partial charge in [-0.15, -0.1) is 0 Å². The van der Waals surface area contributed by atoms with Crippen LogP contribution in [0.2, 0.25) is 0 Å². The Morgan fingerprint density at radius 3 is 2.86 bits per heavy atom. The van der Waals surface area contributed by atoms with Gasteiger partial charge in [-0.3, -0.25) is 4.98 Å². The number of nitrogen functional groups attached to an aromatic ring is 1. The number of rotatable bonds is 1. The zero-order valence-corrected chi connectivity index (χ0v) is 7.77. The molecule has 1 aliphatic carbocycles. The first-order chi connectivity index (χ1) is 6.83. The molecule has 3 heteroatoms. The van der Waals surface area contributed by atoms with Crippen molar-refractivity contribution in [1.29, 1.82) is 0 Å². The predicted octanol–water partition coefficient (Wildman–Crippen LogP) is 2.09. The summed E-state index contributed by atoms with van der Waals surface area (Å²) >= 11 is 0. The van der Waals surface area contributed by atoms with Crippen LogP contribution < -0.4 is 5.73 Å². The van der Waals surface area contributed by atoms with Gasteiger partial charge in [0.15, 0.2) is 0 Å². The van der Waals surface area contributed by atoms with Gasteiger partial charge in [0.25, 0.3) is 0 Å². The Bertz CT molecular complexity index is 489. The molecular weight excluding hydrogens is 174 g/mol. The van der Waals surface area contributed by atoms with E-state index in [0.29, 0.717) is 5.92 Å². The lowest BCUT2D eigenvalue weighted by Crippen LogP contribution is -1.92. The number of anilines is 1. The Hall–Kier alpha value is -1.64. The van der Waals surface area contributed by atoms with Crippen molar-refractivity contribution >= 4 is 16.7 Å². The number of hydrogen-bond donors (Lipinski definition) is 1. The van der Waals surface area contributed by atoms with Crippen molar-refractivity contribution < 1.29 is 0 Å². The standard InChI is InChI=1S/C11H11N3/c12-8-3-4-9-10(5-8)13-6-11(14-9)7-1-2-7/h3-7H,1-2,12H2. The van der Waals surface area contributed by atoms with Crippen LogP contribution in [0.1, 0.15) is 24.5 Å². The van der Waals surface area contributed by atoms with E-state index in [9.17, 15) is 0 Å². The molecule has 14 heavy (non-hydrogen) atoms. The van der Waals surface area contributed by atoms with Gasteiger partial charge in [0.05, 0.1) is 16.7 Å². The molecular formula is C11H11N3. The highest BCUT2D eigenvalue weighted by atomic mass is 14.8. The van der Waals surface area contributed by atoms with Crippen LogP contribution in [0.25, 0.3) is 11.0 Å². The molecule has 0 radical (unpaired) electrons. The summed E-state index contributed by atoms with van der Waals surface area (Å²) < 4.78 is 0. The summed E-state index contributed by atoms with van der Waals surface area (Å²) in [6.45, 7) is 0. The van der Waals surface area contributed by atoms with Crippen LogP contribution >= 0.6 is 0 Å². The molecule has 0 spiro atoms. The molecule has 3 nitrogen and oxygen atoms in total. The number of nitrogens with two attached hydrogens (primary N) is 1. The van der Waals surface area contributed by atoms with Crippen molar-refractivity contribution in [1.82, 2.24) is 9.97 Å². The molecule has 0 atom stereocenters. The topological polar surface area (TPSA) is 51.8 Å².